The van der Waals surface area contributed by atoms with Crippen LogP contribution < -0.4 is 4.74 Å². The van der Waals surface area contributed by atoms with E-state index >= 15 is 0 Å². The highest BCUT2D eigenvalue weighted by Crippen LogP contribution is 2.47. The lowest BCUT2D eigenvalue weighted by Crippen LogP contribution is -2.31. The highest BCUT2D eigenvalue weighted by molar-refractivity contribution is 6.36. The minimum Gasteiger partial charge on any atom is -0.441 e. The summed E-state index contributed by atoms with van der Waals surface area (Å²) in [5.41, 5.74) is 1.48. The Morgan fingerprint density at radius 2 is 1.76 bits per heavy atom. The molecule has 1 aliphatic heterocycles. The molecule has 0 fully saturated rings. The molecule has 122 valence electrons. The molecular formula is C20H12ClFN2O. The van der Waals surface area contributed by atoms with Crippen LogP contribution in [0.5, 0.6) is 5.75 Å². The van der Waals surface area contributed by atoms with Crippen molar-refractivity contribution in [3.05, 3.63) is 76.6 Å². The third-order valence-corrected chi connectivity index (χ3v) is 4.82. The number of fused-ring (bicyclic) bond motifs is 3. The first-order valence-corrected chi connectivity index (χ1v) is 8.10. The SMILES string of the molecule is N#CC1C(=N)Oc2c(cc(Cl)c3ccccc23)C1c1ccc(F)cc1. The Hall–Kier alpha value is -2.90. The normalized spacial score (nSPS) is 19.2. The molecule has 1 aliphatic rings. The van der Waals surface area contributed by atoms with Crippen LogP contribution in [0, 0.1) is 28.5 Å². The van der Waals surface area contributed by atoms with Gasteiger partial charge in [0.15, 0.2) is 0 Å². The quantitative estimate of drug-likeness (QED) is 0.649. The molecule has 3 nitrogen and oxygen atoms in total. The average molecular weight is 351 g/mol. The Morgan fingerprint density at radius 1 is 1.08 bits per heavy atom. The fraction of sp³-hybridized carbons (Fsp3) is 0.100. The number of hydrogen-bond donors (Lipinski definition) is 1. The zero-order chi connectivity index (χ0) is 17.6. The molecule has 0 aromatic heterocycles. The first kappa shape index (κ1) is 15.6. The molecule has 0 bridgehead atoms. The van der Waals surface area contributed by atoms with Crippen molar-refractivity contribution in [3.8, 4) is 11.8 Å². The van der Waals surface area contributed by atoms with E-state index in [2.05, 4.69) is 6.07 Å². The lowest BCUT2D eigenvalue weighted by molar-refractivity contribution is 0.455. The van der Waals surface area contributed by atoms with E-state index in [1.54, 1.807) is 18.2 Å². The Kier molecular flexibility index (Phi) is 3.67. The van der Waals surface area contributed by atoms with Crippen LogP contribution in [0.25, 0.3) is 10.8 Å². The van der Waals surface area contributed by atoms with Gasteiger partial charge in [0.1, 0.15) is 17.5 Å². The van der Waals surface area contributed by atoms with E-state index in [0.717, 1.165) is 21.9 Å². The summed E-state index contributed by atoms with van der Waals surface area (Å²) in [7, 11) is 0. The maximum Gasteiger partial charge on any atom is 0.205 e. The number of nitrogens with one attached hydrogen (secondary N) is 1. The maximum atomic E-state index is 13.3. The average Bonchev–Trinajstić information content (AvgIpc) is 2.63. The molecular weight excluding hydrogens is 339 g/mol. The minimum atomic E-state index is -0.796. The van der Waals surface area contributed by atoms with Crippen LogP contribution in [-0.2, 0) is 0 Å². The van der Waals surface area contributed by atoms with Crippen LogP contribution in [-0.4, -0.2) is 5.90 Å². The van der Waals surface area contributed by atoms with Gasteiger partial charge in [-0.2, -0.15) is 5.26 Å². The number of nitrogens with zero attached hydrogens (tertiary/aromatic N) is 1. The van der Waals surface area contributed by atoms with Gasteiger partial charge in [-0.25, -0.2) is 4.39 Å². The largest absolute Gasteiger partial charge is 0.441 e. The Labute approximate surface area is 148 Å². The fourth-order valence-corrected chi connectivity index (χ4v) is 3.63. The number of halogens is 2. The van der Waals surface area contributed by atoms with E-state index < -0.39 is 11.8 Å². The Bertz CT molecular complexity index is 1040. The molecule has 0 spiro atoms. The molecule has 0 radical (unpaired) electrons. The summed E-state index contributed by atoms with van der Waals surface area (Å²) in [5, 5.41) is 19.9. The second-order valence-electron chi connectivity index (χ2n) is 5.92. The monoisotopic (exact) mass is 350 g/mol. The van der Waals surface area contributed by atoms with Crippen LogP contribution in [0.2, 0.25) is 5.02 Å². The highest BCUT2D eigenvalue weighted by atomic mass is 35.5. The van der Waals surface area contributed by atoms with Gasteiger partial charge in [0.05, 0.1) is 6.07 Å². The molecule has 0 saturated carbocycles. The van der Waals surface area contributed by atoms with Crippen LogP contribution in [0.3, 0.4) is 0 Å². The van der Waals surface area contributed by atoms with E-state index in [-0.39, 0.29) is 11.7 Å². The third-order valence-electron chi connectivity index (χ3n) is 4.50. The molecule has 5 heteroatoms. The summed E-state index contributed by atoms with van der Waals surface area (Å²) in [5.74, 6) is -1.17. The lowest BCUT2D eigenvalue weighted by Gasteiger charge is -2.31. The predicted molar refractivity (Wildman–Crippen MR) is 94.7 cm³/mol. The van der Waals surface area contributed by atoms with Crippen LogP contribution in [0.1, 0.15) is 17.0 Å². The van der Waals surface area contributed by atoms with Crippen LogP contribution in [0.4, 0.5) is 4.39 Å². The van der Waals surface area contributed by atoms with E-state index in [0.29, 0.717) is 10.8 Å². The molecule has 2 unspecified atom stereocenters. The number of ether oxygens (including phenoxy) is 1. The van der Waals surface area contributed by atoms with Crippen molar-refractivity contribution in [2.24, 2.45) is 5.92 Å². The first-order chi connectivity index (χ1) is 12.1. The van der Waals surface area contributed by atoms with Gasteiger partial charge < -0.3 is 4.74 Å². The van der Waals surface area contributed by atoms with Crippen molar-refractivity contribution in [1.29, 1.82) is 10.7 Å². The second kappa shape index (κ2) is 5.87. The van der Waals surface area contributed by atoms with Crippen molar-refractivity contribution in [3.63, 3.8) is 0 Å². The molecule has 1 N–H and O–H groups in total. The molecule has 3 aromatic carbocycles. The van der Waals surface area contributed by atoms with Gasteiger partial charge in [-0.05, 0) is 23.8 Å². The van der Waals surface area contributed by atoms with Gasteiger partial charge in [0.25, 0.3) is 0 Å². The van der Waals surface area contributed by atoms with Gasteiger partial charge in [0.2, 0.25) is 5.90 Å². The minimum absolute atomic E-state index is 0.114. The van der Waals surface area contributed by atoms with Gasteiger partial charge >= 0.3 is 0 Å². The maximum absolute atomic E-state index is 13.3. The summed E-state index contributed by atoms with van der Waals surface area (Å²) < 4.78 is 19.0. The topological polar surface area (TPSA) is 56.9 Å². The van der Waals surface area contributed by atoms with Crippen LogP contribution >= 0.6 is 11.6 Å². The summed E-state index contributed by atoms with van der Waals surface area (Å²) in [6, 6.07) is 17.4. The highest BCUT2D eigenvalue weighted by Gasteiger charge is 2.38. The van der Waals surface area contributed by atoms with E-state index in [1.165, 1.54) is 12.1 Å². The van der Waals surface area contributed by atoms with E-state index in [9.17, 15) is 9.65 Å². The molecule has 2 atom stereocenters. The molecule has 4 rings (SSSR count). The van der Waals surface area contributed by atoms with Gasteiger partial charge in [-0.3, -0.25) is 5.41 Å². The lowest BCUT2D eigenvalue weighted by atomic mass is 9.78. The van der Waals surface area contributed by atoms with Crippen molar-refractivity contribution in [2.75, 3.05) is 0 Å². The summed E-state index contributed by atoms with van der Waals surface area (Å²) in [6.45, 7) is 0. The summed E-state index contributed by atoms with van der Waals surface area (Å²) in [6.07, 6.45) is 0. The summed E-state index contributed by atoms with van der Waals surface area (Å²) >= 11 is 6.45. The van der Waals surface area contributed by atoms with E-state index in [4.69, 9.17) is 21.7 Å². The standard InChI is InChI=1S/C20H12ClFN2O/c21-17-9-15-18(11-5-7-12(22)8-6-11)16(10-23)20(24)25-19(15)14-4-2-1-3-13(14)17/h1-9,16,18,24H. The van der Waals surface area contributed by atoms with Crippen LogP contribution in [0.15, 0.2) is 54.6 Å². The Balaban J connectivity index is 2.02. The number of rotatable bonds is 1. The summed E-state index contributed by atoms with van der Waals surface area (Å²) in [4.78, 5) is 0. The zero-order valence-corrected chi connectivity index (χ0v) is 13.7. The number of hydrogen-bond acceptors (Lipinski definition) is 3. The molecule has 1 heterocycles. The van der Waals surface area contributed by atoms with Crippen molar-refractivity contribution in [2.45, 2.75) is 5.92 Å². The van der Waals surface area contributed by atoms with Crippen molar-refractivity contribution < 1.29 is 9.13 Å². The van der Waals surface area contributed by atoms with Crippen molar-refractivity contribution in [1.82, 2.24) is 0 Å². The van der Waals surface area contributed by atoms with E-state index in [1.807, 2.05) is 24.3 Å². The van der Waals surface area contributed by atoms with Gasteiger partial charge in [-0.15, -0.1) is 0 Å². The fourth-order valence-electron chi connectivity index (χ4n) is 3.35. The second-order valence-corrected chi connectivity index (χ2v) is 6.33. The van der Waals surface area contributed by atoms with Crippen molar-refractivity contribution >= 4 is 28.3 Å². The smallest absolute Gasteiger partial charge is 0.205 e. The molecule has 0 aliphatic carbocycles. The Morgan fingerprint density at radius 3 is 2.44 bits per heavy atom. The molecule has 0 amide bonds. The molecule has 0 saturated heterocycles. The van der Waals surface area contributed by atoms with Gasteiger partial charge in [-0.1, -0.05) is 48.0 Å². The van der Waals surface area contributed by atoms with Gasteiger partial charge in [0, 0.05) is 27.3 Å². The zero-order valence-electron chi connectivity index (χ0n) is 13.0. The number of nitriles is 1. The predicted octanol–water partition coefficient (Wildman–Crippen LogP) is 5.27. The molecule has 3 aromatic rings. The third kappa shape index (κ3) is 2.45. The number of benzene rings is 3. The first-order valence-electron chi connectivity index (χ1n) is 7.72. The molecule has 25 heavy (non-hydrogen) atoms.